The summed E-state index contributed by atoms with van der Waals surface area (Å²) in [5, 5.41) is 11.2. The Morgan fingerprint density at radius 1 is 1.25 bits per heavy atom. The molecule has 0 heterocycles. The van der Waals surface area contributed by atoms with Crippen LogP contribution in [0.3, 0.4) is 0 Å². The highest BCUT2D eigenvalue weighted by Crippen LogP contribution is 2.11. The summed E-state index contributed by atoms with van der Waals surface area (Å²) in [5.41, 5.74) is 1.84. The molecule has 0 unspecified atom stereocenters. The van der Waals surface area contributed by atoms with E-state index in [-0.39, 0.29) is 12.3 Å². The van der Waals surface area contributed by atoms with Gasteiger partial charge in [0.1, 0.15) is 0 Å². The van der Waals surface area contributed by atoms with E-state index in [1.54, 1.807) is 0 Å². The fourth-order valence-electron chi connectivity index (χ4n) is 1.40. The van der Waals surface area contributed by atoms with E-state index < -0.39 is 5.97 Å². The number of hydrogen-bond donors (Lipinski definition) is 2. The number of benzene rings is 1. The number of anilines is 1. The van der Waals surface area contributed by atoms with Gasteiger partial charge in [0, 0.05) is 19.0 Å². The van der Waals surface area contributed by atoms with Crippen molar-refractivity contribution in [2.75, 3.05) is 5.32 Å². The van der Waals surface area contributed by atoms with Gasteiger partial charge in [0.05, 0.1) is 0 Å². The molecule has 0 saturated carbocycles. The van der Waals surface area contributed by atoms with Crippen molar-refractivity contribution in [3.05, 3.63) is 29.8 Å². The highest BCUT2D eigenvalue weighted by atomic mass is 16.4. The van der Waals surface area contributed by atoms with E-state index in [0.717, 1.165) is 17.7 Å². The molecule has 2 N–H and O–H groups in total. The number of amides is 1. The van der Waals surface area contributed by atoms with E-state index in [1.165, 1.54) is 6.92 Å². The number of aliphatic carboxylic acids is 1. The van der Waals surface area contributed by atoms with Crippen molar-refractivity contribution in [2.45, 2.75) is 26.2 Å². The summed E-state index contributed by atoms with van der Waals surface area (Å²) < 4.78 is 0. The highest BCUT2D eigenvalue weighted by molar-refractivity contribution is 5.88. The predicted molar refractivity (Wildman–Crippen MR) is 61.3 cm³/mol. The van der Waals surface area contributed by atoms with Gasteiger partial charge in [0.2, 0.25) is 5.91 Å². The third kappa shape index (κ3) is 4.59. The first-order valence-corrected chi connectivity index (χ1v) is 5.16. The summed E-state index contributed by atoms with van der Waals surface area (Å²) >= 11 is 0. The lowest BCUT2D eigenvalue weighted by Crippen LogP contribution is -2.05. The fourth-order valence-corrected chi connectivity index (χ4v) is 1.40. The topological polar surface area (TPSA) is 66.4 Å². The van der Waals surface area contributed by atoms with E-state index in [4.69, 9.17) is 5.11 Å². The minimum absolute atomic E-state index is 0.0985. The van der Waals surface area contributed by atoms with Crippen LogP contribution in [0.15, 0.2) is 24.3 Å². The number of aryl methyl sites for hydroxylation is 1. The van der Waals surface area contributed by atoms with Gasteiger partial charge in [-0.3, -0.25) is 9.59 Å². The van der Waals surface area contributed by atoms with Crippen LogP contribution >= 0.6 is 0 Å². The van der Waals surface area contributed by atoms with Crippen molar-refractivity contribution in [1.29, 1.82) is 0 Å². The maximum absolute atomic E-state index is 10.8. The van der Waals surface area contributed by atoms with Gasteiger partial charge in [-0.25, -0.2) is 0 Å². The summed E-state index contributed by atoms with van der Waals surface area (Å²) in [6.45, 7) is 1.46. The Labute approximate surface area is 94.3 Å². The molecule has 0 radical (unpaired) electrons. The first kappa shape index (κ1) is 12.2. The van der Waals surface area contributed by atoms with Crippen molar-refractivity contribution in [3.63, 3.8) is 0 Å². The molecule has 4 nitrogen and oxygen atoms in total. The Bertz CT molecular complexity index is 370. The summed E-state index contributed by atoms with van der Waals surface area (Å²) in [6, 6.07) is 7.43. The number of carbonyl (C=O) groups is 2. The Hall–Kier alpha value is -1.84. The molecule has 0 aliphatic heterocycles. The zero-order valence-corrected chi connectivity index (χ0v) is 9.19. The number of carboxylic acids is 1. The molecule has 0 atom stereocenters. The molecule has 86 valence electrons. The van der Waals surface area contributed by atoms with Gasteiger partial charge in [-0.15, -0.1) is 0 Å². The molecule has 0 aromatic heterocycles. The number of hydrogen-bond acceptors (Lipinski definition) is 2. The minimum atomic E-state index is -0.769. The third-order valence-corrected chi connectivity index (χ3v) is 2.13. The standard InChI is InChI=1S/C12H15NO3/c1-9(14)13-11-7-5-10(6-8-11)3-2-4-12(15)16/h5-8H,2-4H2,1H3,(H,13,14)(H,15,16). The summed E-state index contributed by atoms with van der Waals surface area (Å²) in [5.74, 6) is -0.867. The van der Waals surface area contributed by atoms with Crippen LogP contribution in [0.4, 0.5) is 5.69 Å². The maximum atomic E-state index is 10.8. The Morgan fingerprint density at radius 3 is 2.38 bits per heavy atom. The smallest absolute Gasteiger partial charge is 0.303 e. The molecule has 16 heavy (non-hydrogen) atoms. The fraction of sp³-hybridized carbons (Fsp3) is 0.333. The quantitative estimate of drug-likeness (QED) is 0.799. The van der Waals surface area contributed by atoms with Gasteiger partial charge in [-0.1, -0.05) is 12.1 Å². The van der Waals surface area contributed by atoms with Crippen LogP contribution < -0.4 is 5.32 Å². The number of carbonyl (C=O) groups excluding carboxylic acids is 1. The van der Waals surface area contributed by atoms with E-state index in [1.807, 2.05) is 24.3 Å². The predicted octanol–water partition coefficient (Wildman–Crippen LogP) is 2.05. The van der Waals surface area contributed by atoms with Crippen molar-refractivity contribution in [3.8, 4) is 0 Å². The van der Waals surface area contributed by atoms with Gasteiger partial charge in [0.25, 0.3) is 0 Å². The highest BCUT2D eigenvalue weighted by Gasteiger charge is 1.99. The molecule has 1 aromatic carbocycles. The van der Waals surface area contributed by atoms with Crippen molar-refractivity contribution < 1.29 is 14.7 Å². The van der Waals surface area contributed by atoms with Gasteiger partial charge < -0.3 is 10.4 Å². The van der Waals surface area contributed by atoms with E-state index >= 15 is 0 Å². The van der Waals surface area contributed by atoms with Crippen molar-refractivity contribution in [2.24, 2.45) is 0 Å². The first-order chi connectivity index (χ1) is 7.58. The average molecular weight is 221 g/mol. The Morgan fingerprint density at radius 2 is 1.88 bits per heavy atom. The van der Waals surface area contributed by atoms with Crippen LogP contribution in [0.25, 0.3) is 0 Å². The van der Waals surface area contributed by atoms with Gasteiger partial charge in [-0.05, 0) is 30.5 Å². The molecule has 0 aliphatic carbocycles. The Kier molecular flexibility index (Phi) is 4.51. The molecule has 0 aliphatic rings. The lowest BCUT2D eigenvalue weighted by atomic mass is 10.1. The second kappa shape index (κ2) is 5.90. The molecule has 0 saturated heterocycles. The number of carboxylic acid groups (broad SMARTS) is 1. The largest absolute Gasteiger partial charge is 0.481 e. The summed E-state index contributed by atoms with van der Waals surface area (Å²) in [7, 11) is 0. The van der Waals surface area contributed by atoms with Crippen molar-refractivity contribution >= 4 is 17.6 Å². The molecular weight excluding hydrogens is 206 g/mol. The molecule has 1 rings (SSSR count). The van der Waals surface area contributed by atoms with Crippen molar-refractivity contribution in [1.82, 2.24) is 0 Å². The van der Waals surface area contributed by atoms with E-state index in [2.05, 4.69) is 5.32 Å². The number of nitrogens with one attached hydrogen (secondary N) is 1. The minimum Gasteiger partial charge on any atom is -0.481 e. The zero-order valence-electron chi connectivity index (χ0n) is 9.19. The van der Waals surface area contributed by atoms with E-state index in [9.17, 15) is 9.59 Å². The number of rotatable bonds is 5. The second-order valence-corrected chi connectivity index (χ2v) is 3.63. The molecule has 0 fully saturated rings. The second-order valence-electron chi connectivity index (χ2n) is 3.63. The zero-order chi connectivity index (χ0) is 12.0. The first-order valence-electron chi connectivity index (χ1n) is 5.16. The lowest BCUT2D eigenvalue weighted by Gasteiger charge is -2.03. The normalized spacial score (nSPS) is 9.81. The average Bonchev–Trinajstić information content (AvgIpc) is 2.19. The van der Waals surface area contributed by atoms with Crippen LogP contribution in [0.2, 0.25) is 0 Å². The summed E-state index contributed by atoms with van der Waals surface area (Å²) in [6.07, 6.45) is 1.56. The molecule has 1 aromatic rings. The molecular formula is C12H15NO3. The molecule has 0 bridgehead atoms. The molecule has 4 heteroatoms. The van der Waals surface area contributed by atoms with Crippen LogP contribution in [-0.2, 0) is 16.0 Å². The third-order valence-electron chi connectivity index (χ3n) is 2.13. The van der Waals surface area contributed by atoms with Crippen LogP contribution in [0.1, 0.15) is 25.3 Å². The van der Waals surface area contributed by atoms with Gasteiger partial charge in [0.15, 0.2) is 0 Å². The SMILES string of the molecule is CC(=O)Nc1ccc(CCCC(=O)O)cc1. The maximum Gasteiger partial charge on any atom is 0.303 e. The lowest BCUT2D eigenvalue weighted by molar-refractivity contribution is -0.137. The monoisotopic (exact) mass is 221 g/mol. The molecule has 1 amide bonds. The Balaban J connectivity index is 2.45. The molecule has 0 spiro atoms. The van der Waals surface area contributed by atoms with E-state index in [0.29, 0.717) is 6.42 Å². The van der Waals surface area contributed by atoms with Gasteiger partial charge >= 0.3 is 5.97 Å². The van der Waals surface area contributed by atoms with Gasteiger partial charge in [-0.2, -0.15) is 0 Å². The summed E-state index contributed by atoms with van der Waals surface area (Å²) in [4.78, 5) is 21.1. The van der Waals surface area contributed by atoms with Crippen LogP contribution in [0.5, 0.6) is 0 Å². The van der Waals surface area contributed by atoms with Crippen LogP contribution in [0, 0.1) is 0 Å². The van der Waals surface area contributed by atoms with Crippen LogP contribution in [-0.4, -0.2) is 17.0 Å².